The Morgan fingerprint density at radius 2 is 2.15 bits per heavy atom. The maximum atomic E-state index is 12.5. The summed E-state index contributed by atoms with van der Waals surface area (Å²) < 4.78 is 7.19. The van der Waals surface area contributed by atoms with Gasteiger partial charge in [-0.1, -0.05) is 54.7 Å². The van der Waals surface area contributed by atoms with Crippen LogP contribution in [0.4, 0.5) is 4.79 Å². The van der Waals surface area contributed by atoms with E-state index in [1.54, 1.807) is 17.3 Å². The second kappa shape index (κ2) is 8.90. The summed E-state index contributed by atoms with van der Waals surface area (Å²) in [7, 11) is 1.93. The Bertz CT molecular complexity index is 806. The SMILES string of the molecule is C=CCOC(=O)N1C[C@@H](SC(=O)c2ccccc2)C[C@H]1Cc1cncn1C. The van der Waals surface area contributed by atoms with E-state index in [-0.39, 0.29) is 29.1 Å². The van der Waals surface area contributed by atoms with Crippen molar-refractivity contribution in [1.82, 2.24) is 14.5 Å². The summed E-state index contributed by atoms with van der Waals surface area (Å²) in [6, 6.07) is 9.19. The molecule has 0 spiro atoms. The molecule has 3 rings (SSSR count). The van der Waals surface area contributed by atoms with Crippen molar-refractivity contribution in [3.05, 3.63) is 66.8 Å². The molecule has 1 aliphatic rings. The Morgan fingerprint density at radius 3 is 2.81 bits per heavy atom. The van der Waals surface area contributed by atoms with E-state index >= 15 is 0 Å². The Hall–Kier alpha value is -2.54. The number of likely N-dealkylation sites (tertiary alicyclic amines) is 1. The first-order valence-electron chi connectivity index (χ1n) is 8.84. The van der Waals surface area contributed by atoms with Gasteiger partial charge in [0.05, 0.1) is 6.33 Å². The summed E-state index contributed by atoms with van der Waals surface area (Å²) in [4.78, 5) is 30.9. The topological polar surface area (TPSA) is 64.4 Å². The number of imidazole rings is 1. The van der Waals surface area contributed by atoms with Crippen LogP contribution in [0.15, 0.2) is 55.5 Å². The molecule has 1 aliphatic heterocycles. The van der Waals surface area contributed by atoms with E-state index < -0.39 is 0 Å². The van der Waals surface area contributed by atoms with Crippen molar-refractivity contribution in [3.8, 4) is 0 Å². The highest BCUT2D eigenvalue weighted by Gasteiger charge is 2.38. The third-order valence-electron chi connectivity index (χ3n) is 4.58. The summed E-state index contributed by atoms with van der Waals surface area (Å²) in [5, 5.41) is 0.0633. The minimum absolute atomic E-state index is 0.0289. The number of ether oxygens (including phenoxy) is 1. The van der Waals surface area contributed by atoms with Gasteiger partial charge < -0.3 is 14.2 Å². The molecule has 2 heterocycles. The predicted molar refractivity (Wildman–Crippen MR) is 106 cm³/mol. The van der Waals surface area contributed by atoms with Gasteiger partial charge in [0.15, 0.2) is 0 Å². The number of carbonyl (C=O) groups excluding carboxylic acids is 2. The maximum absolute atomic E-state index is 12.5. The van der Waals surface area contributed by atoms with Crippen molar-refractivity contribution in [2.24, 2.45) is 7.05 Å². The molecule has 0 bridgehead atoms. The molecule has 0 unspecified atom stereocenters. The molecular weight excluding hydrogens is 362 g/mol. The van der Waals surface area contributed by atoms with Crippen LogP contribution in [-0.4, -0.2) is 50.1 Å². The predicted octanol–water partition coefficient (Wildman–Crippen LogP) is 3.30. The molecular formula is C20H23N3O3S. The van der Waals surface area contributed by atoms with Crippen LogP contribution in [0.2, 0.25) is 0 Å². The Kier molecular flexibility index (Phi) is 6.34. The summed E-state index contributed by atoms with van der Waals surface area (Å²) in [6.45, 7) is 4.25. The molecule has 1 aromatic carbocycles. The van der Waals surface area contributed by atoms with Crippen molar-refractivity contribution in [2.45, 2.75) is 24.1 Å². The van der Waals surface area contributed by atoms with Gasteiger partial charge in [-0.15, -0.1) is 0 Å². The van der Waals surface area contributed by atoms with E-state index in [9.17, 15) is 9.59 Å². The Balaban J connectivity index is 1.70. The average molecular weight is 385 g/mol. The summed E-state index contributed by atoms with van der Waals surface area (Å²) in [5.41, 5.74) is 1.72. The van der Waals surface area contributed by atoms with Crippen molar-refractivity contribution >= 4 is 23.0 Å². The zero-order valence-corrected chi connectivity index (χ0v) is 16.1. The Labute approximate surface area is 163 Å². The van der Waals surface area contributed by atoms with Crippen LogP contribution < -0.4 is 0 Å². The van der Waals surface area contributed by atoms with Gasteiger partial charge in [0, 0.05) is 48.8 Å². The molecule has 1 fully saturated rings. The molecule has 1 amide bonds. The zero-order valence-electron chi connectivity index (χ0n) is 15.3. The van der Waals surface area contributed by atoms with Gasteiger partial charge in [0.25, 0.3) is 0 Å². The van der Waals surface area contributed by atoms with Gasteiger partial charge in [-0.2, -0.15) is 0 Å². The van der Waals surface area contributed by atoms with Gasteiger partial charge in [-0.05, 0) is 6.42 Å². The lowest BCUT2D eigenvalue weighted by atomic mass is 10.1. The molecule has 6 nitrogen and oxygen atoms in total. The molecule has 7 heteroatoms. The van der Waals surface area contributed by atoms with E-state index in [1.807, 2.05) is 48.1 Å². The third-order valence-corrected chi connectivity index (χ3v) is 5.70. The number of aromatic nitrogens is 2. The van der Waals surface area contributed by atoms with Gasteiger partial charge in [0.2, 0.25) is 5.12 Å². The fraction of sp³-hybridized carbons (Fsp3) is 0.350. The van der Waals surface area contributed by atoms with Crippen molar-refractivity contribution < 1.29 is 14.3 Å². The summed E-state index contributed by atoms with van der Waals surface area (Å²) >= 11 is 1.29. The smallest absolute Gasteiger partial charge is 0.410 e. The summed E-state index contributed by atoms with van der Waals surface area (Å²) in [5.74, 6) is 0. The molecule has 2 aromatic rings. The van der Waals surface area contributed by atoms with Crippen LogP contribution in [0.5, 0.6) is 0 Å². The fourth-order valence-electron chi connectivity index (χ4n) is 3.21. The number of amides is 1. The zero-order chi connectivity index (χ0) is 19.2. The van der Waals surface area contributed by atoms with Crippen LogP contribution in [0.25, 0.3) is 0 Å². The number of nitrogens with zero attached hydrogens (tertiary/aromatic N) is 3. The number of thioether (sulfide) groups is 1. The maximum Gasteiger partial charge on any atom is 0.410 e. The third kappa shape index (κ3) is 4.80. The minimum Gasteiger partial charge on any atom is -0.445 e. The van der Waals surface area contributed by atoms with E-state index in [4.69, 9.17) is 4.74 Å². The van der Waals surface area contributed by atoms with Crippen molar-refractivity contribution in [3.63, 3.8) is 0 Å². The molecule has 27 heavy (non-hydrogen) atoms. The fourth-order valence-corrected chi connectivity index (χ4v) is 4.33. The second-order valence-electron chi connectivity index (χ2n) is 6.50. The molecule has 2 atom stereocenters. The van der Waals surface area contributed by atoms with E-state index in [2.05, 4.69) is 11.6 Å². The molecule has 142 valence electrons. The van der Waals surface area contributed by atoms with Crippen LogP contribution in [0.3, 0.4) is 0 Å². The summed E-state index contributed by atoms with van der Waals surface area (Å²) in [6.07, 6.45) is 6.15. The van der Waals surface area contributed by atoms with Crippen LogP contribution in [-0.2, 0) is 18.2 Å². The van der Waals surface area contributed by atoms with Crippen LogP contribution in [0.1, 0.15) is 22.5 Å². The second-order valence-corrected chi connectivity index (χ2v) is 7.77. The lowest BCUT2D eigenvalue weighted by Crippen LogP contribution is -2.37. The van der Waals surface area contributed by atoms with E-state index in [0.29, 0.717) is 18.5 Å². The van der Waals surface area contributed by atoms with Crippen LogP contribution in [0, 0.1) is 0 Å². The minimum atomic E-state index is -0.364. The first kappa shape index (κ1) is 19.2. The van der Waals surface area contributed by atoms with Crippen molar-refractivity contribution in [2.75, 3.05) is 13.2 Å². The molecule has 1 saturated heterocycles. The molecule has 0 radical (unpaired) electrons. The monoisotopic (exact) mass is 385 g/mol. The van der Waals surface area contributed by atoms with Crippen molar-refractivity contribution in [1.29, 1.82) is 0 Å². The average Bonchev–Trinajstić information content (AvgIpc) is 3.27. The molecule has 0 N–H and O–H groups in total. The quantitative estimate of drug-likeness (QED) is 0.714. The van der Waals surface area contributed by atoms with E-state index in [1.165, 1.54) is 11.8 Å². The van der Waals surface area contributed by atoms with Crippen LogP contribution >= 0.6 is 11.8 Å². The highest BCUT2D eigenvalue weighted by atomic mass is 32.2. The van der Waals surface area contributed by atoms with E-state index in [0.717, 1.165) is 12.1 Å². The largest absolute Gasteiger partial charge is 0.445 e. The number of aryl methyl sites for hydroxylation is 1. The molecule has 0 aliphatic carbocycles. The lowest BCUT2D eigenvalue weighted by Gasteiger charge is -2.23. The number of benzene rings is 1. The van der Waals surface area contributed by atoms with Gasteiger partial charge >= 0.3 is 6.09 Å². The van der Waals surface area contributed by atoms with Gasteiger partial charge in [-0.3, -0.25) is 4.79 Å². The first-order chi connectivity index (χ1) is 13.1. The number of hydrogen-bond acceptors (Lipinski definition) is 5. The first-order valence-corrected chi connectivity index (χ1v) is 9.72. The normalized spacial score (nSPS) is 19.1. The molecule has 0 saturated carbocycles. The number of carbonyl (C=O) groups is 2. The highest BCUT2D eigenvalue weighted by molar-refractivity contribution is 8.14. The highest BCUT2D eigenvalue weighted by Crippen LogP contribution is 2.32. The van der Waals surface area contributed by atoms with Gasteiger partial charge in [-0.25, -0.2) is 9.78 Å². The standard InChI is InChI=1S/C20H23N3O3S/c1-3-9-26-20(25)23-13-18(27-19(24)15-7-5-4-6-8-15)11-16(23)10-17-12-21-14-22(17)2/h3-8,12,14,16,18H,1,9-11,13H2,2H3/t16-,18+/m1/s1. The lowest BCUT2D eigenvalue weighted by molar-refractivity contribution is 0.106. The molecule has 1 aromatic heterocycles. The number of hydrogen-bond donors (Lipinski definition) is 0. The van der Waals surface area contributed by atoms with Gasteiger partial charge in [0.1, 0.15) is 6.61 Å². The Morgan fingerprint density at radius 1 is 1.37 bits per heavy atom. The number of rotatable bonds is 6.